The zero-order valence-corrected chi connectivity index (χ0v) is 20.8. The second-order valence-corrected chi connectivity index (χ2v) is 11.0. The molecule has 0 spiro atoms. The number of carbonyl (C=O) groups excluding carboxylic acids is 1. The van der Waals surface area contributed by atoms with Gasteiger partial charge in [0.15, 0.2) is 5.65 Å². The molecule has 9 nitrogen and oxygen atoms in total. The minimum atomic E-state index is -4.47. The lowest BCUT2D eigenvalue weighted by Gasteiger charge is -2.10. The first-order chi connectivity index (χ1) is 18.1. The number of alkyl halides is 3. The first-order valence-electron chi connectivity index (χ1n) is 11.4. The van der Waals surface area contributed by atoms with Crippen LogP contribution >= 0.6 is 0 Å². The topological polar surface area (TPSA) is 115 Å². The van der Waals surface area contributed by atoms with Crippen LogP contribution in [0.15, 0.2) is 71.2 Å². The van der Waals surface area contributed by atoms with Crippen molar-refractivity contribution in [3.05, 3.63) is 83.7 Å². The summed E-state index contributed by atoms with van der Waals surface area (Å²) in [6, 6.07) is 14.4. The van der Waals surface area contributed by atoms with Crippen LogP contribution in [0.5, 0.6) is 0 Å². The number of aryl methyl sites for hydroxylation is 1. The lowest BCUT2D eigenvalue weighted by molar-refractivity contribution is -0.137. The van der Waals surface area contributed by atoms with E-state index in [2.05, 4.69) is 19.5 Å². The minimum absolute atomic E-state index is 0.0961. The van der Waals surface area contributed by atoms with Crippen molar-refractivity contribution in [2.24, 2.45) is 11.4 Å². The standard InChI is InChI=1S/C25H21F3N6O3S/c1-33-30-22-20-14-16(24(36)32-38(37,13-12-35)15-18-4-2-3-11-29-18)5-10-21(20)34(23(22)31-33)19-8-6-17(7-9-19)25(26,27)28/h2-11,14,35H,12-13,15H2,1H3/t38-/m0/s1. The summed E-state index contributed by atoms with van der Waals surface area (Å²) in [5, 5.41) is 18.7. The Morgan fingerprint density at radius 2 is 1.84 bits per heavy atom. The average molecular weight is 543 g/mol. The number of carbonyl (C=O) groups is 1. The fourth-order valence-corrected chi connectivity index (χ4v) is 5.79. The number of nitrogens with zero attached hydrogens (tertiary/aromatic N) is 6. The van der Waals surface area contributed by atoms with Crippen molar-refractivity contribution >= 4 is 37.7 Å². The summed E-state index contributed by atoms with van der Waals surface area (Å²) < 4.78 is 58.3. The molecule has 0 bridgehead atoms. The van der Waals surface area contributed by atoms with Gasteiger partial charge in [0.25, 0.3) is 5.91 Å². The molecule has 3 heterocycles. The molecule has 196 valence electrons. The summed E-state index contributed by atoms with van der Waals surface area (Å²) >= 11 is 0. The summed E-state index contributed by atoms with van der Waals surface area (Å²) in [4.78, 5) is 18.6. The van der Waals surface area contributed by atoms with Gasteiger partial charge in [0.05, 0.1) is 44.6 Å². The summed E-state index contributed by atoms with van der Waals surface area (Å²) in [7, 11) is -1.55. The number of aliphatic hydroxyl groups excluding tert-OH is 1. The van der Waals surface area contributed by atoms with Crippen LogP contribution < -0.4 is 0 Å². The quantitative estimate of drug-likeness (QED) is 0.345. The van der Waals surface area contributed by atoms with Crippen LogP contribution in [0, 0.1) is 0 Å². The first kappa shape index (κ1) is 25.5. The smallest absolute Gasteiger partial charge is 0.395 e. The van der Waals surface area contributed by atoms with Gasteiger partial charge in [0.1, 0.15) is 5.52 Å². The molecular formula is C25H21F3N6O3S. The van der Waals surface area contributed by atoms with Gasteiger partial charge in [0.2, 0.25) is 0 Å². The number of pyridine rings is 1. The normalized spacial score (nSPS) is 13.6. The van der Waals surface area contributed by atoms with Crippen LogP contribution in [0.25, 0.3) is 27.8 Å². The fraction of sp³-hybridized carbons (Fsp3) is 0.200. The van der Waals surface area contributed by atoms with Gasteiger partial charge < -0.3 is 5.11 Å². The molecule has 2 aromatic carbocycles. The summed E-state index contributed by atoms with van der Waals surface area (Å²) in [6.07, 6.45) is -2.93. The molecule has 0 saturated carbocycles. The molecule has 1 N–H and O–H groups in total. The highest BCUT2D eigenvalue weighted by molar-refractivity contribution is 7.93. The van der Waals surface area contributed by atoms with Crippen molar-refractivity contribution in [2.45, 2.75) is 11.9 Å². The van der Waals surface area contributed by atoms with Crippen molar-refractivity contribution in [3.63, 3.8) is 0 Å². The van der Waals surface area contributed by atoms with E-state index >= 15 is 0 Å². The Morgan fingerprint density at radius 3 is 2.50 bits per heavy atom. The maximum atomic E-state index is 13.4. The van der Waals surface area contributed by atoms with Crippen molar-refractivity contribution in [2.75, 3.05) is 12.4 Å². The highest BCUT2D eigenvalue weighted by Crippen LogP contribution is 2.33. The Bertz CT molecular complexity index is 1770. The van der Waals surface area contributed by atoms with E-state index in [4.69, 9.17) is 0 Å². The van der Waals surface area contributed by atoms with Gasteiger partial charge in [0, 0.05) is 29.9 Å². The number of benzene rings is 2. The molecular weight excluding hydrogens is 521 g/mol. The summed E-state index contributed by atoms with van der Waals surface area (Å²) in [5.74, 6) is -1.03. The Hall–Kier alpha value is -4.10. The summed E-state index contributed by atoms with van der Waals surface area (Å²) in [5.41, 5.74) is 1.67. The fourth-order valence-electron chi connectivity index (χ4n) is 4.16. The largest absolute Gasteiger partial charge is 0.416 e. The van der Waals surface area contributed by atoms with Crippen molar-refractivity contribution in [3.8, 4) is 5.69 Å². The van der Waals surface area contributed by atoms with Crippen molar-refractivity contribution in [1.82, 2.24) is 24.5 Å². The second kappa shape index (κ2) is 9.65. The molecule has 38 heavy (non-hydrogen) atoms. The van der Waals surface area contributed by atoms with Crippen molar-refractivity contribution < 1.29 is 27.3 Å². The molecule has 0 aliphatic heterocycles. The molecule has 0 saturated heterocycles. The van der Waals surface area contributed by atoms with Gasteiger partial charge >= 0.3 is 6.18 Å². The predicted molar refractivity (Wildman–Crippen MR) is 135 cm³/mol. The Morgan fingerprint density at radius 1 is 1.08 bits per heavy atom. The number of aliphatic hydroxyl groups is 1. The van der Waals surface area contributed by atoms with Crippen LogP contribution in [0.1, 0.15) is 21.6 Å². The molecule has 0 aliphatic rings. The maximum absolute atomic E-state index is 13.4. The van der Waals surface area contributed by atoms with E-state index in [1.807, 2.05) is 0 Å². The number of hydrogen-bond donors (Lipinski definition) is 1. The zero-order chi connectivity index (χ0) is 27.1. The monoisotopic (exact) mass is 542 g/mol. The van der Waals surface area contributed by atoms with Gasteiger partial charge in [-0.2, -0.15) is 27.4 Å². The van der Waals surface area contributed by atoms with Crippen molar-refractivity contribution in [1.29, 1.82) is 0 Å². The van der Waals surface area contributed by atoms with E-state index in [1.54, 1.807) is 41.9 Å². The van der Waals surface area contributed by atoms with Gasteiger partial charge in [-0.25, -0.2) is 4.21 Å². The van der Waals surface area contributed by atoms with E-state index < -0.39 is 34.0 Å². The molecule has 13 heteroatoms. The van der Waals surface area contributed by atoms with E-state index in [9.17, 15) is 27.3 Å². The van der Waals surface area contributed by atoms with Gasteiger partial charge in [-0.05, 0) is 54.6 Å². The molecule has 3 aromatic heterocycles. The Labute approximate surface area is 214 Å². The lowest BCUT2D eigenvalue weighted by atomic mass is 10.1. The molecule has 1 atom stereocenters. The molecule has 0 radical (unpaired) electrons. The maximum Gasteiger partial charge on any atom is 0.416 e. The van der Waals surface area contributed by atoms with Crippen LogP contribution in [0.3, 0.4) is 0 Å². The second-order valence-electron chi connectivity index (χ2n) is 8.54. The number of fused-ring (bicyclic) bond motifs is 3. The summed E-state index contributed by atoms with van der Waals surface area (Å²) in [6.45, 7) is -0.419. The van der Waals surface area contributed by atoms with Crippen LogP contribution in [0.4, 0.5) is 13.2 Å². The first-order valence-corrected chi connectivity index (χ1v) is 13.2. The van der Waals surface area contributed by atoms with E-state index in [1.165, 1.54) is 29.2 Å². The minimum Gasteiger partial charge on any atom is -0.395 e. The SMILES string of the molecule is Cn1nc2c3cc(C(=O)N=[S@](=O)(CCO)Cc4ccccn4)ccc3n(-c3ccc(C(F)(F)F)cc3)c2n1. The number of amides is 1. The van der Waals surface area contributed by atoms with Crippen LogP contribution in [0.2, 0.25) is 0 Å². The molecule has 5 rings (SSSR count). The molecule has 0 unspecified atom stereocenters. The van der Waals surface area contributed by atoms with Gasteiger partial charge in [-0.1, -0.05) is 6.07 Å². The average Bonchev–Trinajstić information content (AvgIpc) is 3.38. The zero-order valence-electron chi connectivity index (χ0n) is 20.0. The Kier molecular flexibility index (Phi) is 6.49. The number of rotatable bonds is 6. The Balaban J connectivity index is 1.59. The number of hydrogen-bond acceptors (Lipinski definition) is 6. The molecule has 0 fully saturated rings. The van der Waals surface area contributed by atoms with E-state index in [0.717, 1.165) is 12.1 Å². The molecule has 0 aliphatic carbocycles. The number of aromatic nitrogens is 5. The number of halogens is 3. The highest BCUT2D eigenvalue weighted by Gasteiger charge is 2.30. The third kappa shape index (κ3) is 4.89. The van der Waals surface area contributed by atoms with Crippen LogP contribution in [-0.4, -0.2) is 52.1 Å². The molecule has 1 amide bonds. The van der Waals surface area contributed by atoms with Gasteiger partial charge in [-0.15, -0.1) is 5.10 Å². The van der Waals surface area contributed by atoms with E-state index in [0.29, 0.717) is 33.4 Å². The molecule has 5 aromatic rings. The lowest BCUT2D eigenvalue weighted by Crippen LogP contribution is -2.15. The predicted octanol–water partition coefficient (Wildman–Crippen LogP) is 4.13. The third-order valence-corrected chi connectivity index (χ3v) is 7.93. The van der Waals surface area contributed by atoms with E-state index in [-0.39, 0.29) is 17.1 Å². The van der Waals surface area contributed by atoms with Gasteiger partial charge in [-0.3, -0.25) is 14.3 Å². The van der Waals surface area contributed by atoms with Crippen LogP contribution in [-0.2, 0) is 28.7 Å². The third-order valence-electron chi connectivity index (χ3n) is 5.86. The highest BCUT2D eigenvalue weighted by atomic mass is 32.2.